The van der Waals surface area contributed by atoms with Crippen LogP contribution in [0.15, 0.2) is 40.9 Å². The van der Waals surface area contributed by atoms with Gasteiger partial charge in [-0.25, -0.2) is 13.2 Å². The molecule has 0 spiro atoms. The van der Waals surface area contributed by atoms with E-state index in [0.717, 1.165) is 24.3 Å². The van der Waals surface area contributed by atoms with Crippen molar-refractivity contribution < 1.29 is 18.0 Å². The number of hydrogen-bond donors (Lipinski definition) is 1. The summed E-state index contributed by atoms with van der Waals surface area (Å²) in [6.45, 7) is -0.155. The Bertz CT molecular complexity index is 661. The highest BCUT2D eigenvalue weighted by molar-refractivity contribution is 9.10. The first-order chi connectivity index (χ1) is 9.47. The van der Waals surface area contributed by atoms with Crippen molar-refractivity contribution in [1.82, 2.24) is 5.32 Å². The summed E-state index contributed by atoms with van der Waals surface area (Å²) < 4.78 is 39.5. The molecule has 0 aliphatic rings. The normalized spacial score (nSPS) is 10.4. The molecule has 2 aromatic rings. The standard InChI is InChI=1S/C14H9BrF3NO/c15-11-6-8(1-3-13(11)18)14(20)19-7-9-5-10(16)2-4-12(9)17/h1-6H,7H2,(H,19,20). The lowest BCUT2D eigenvalue weighted by molar-refractivity contribution is 0.0950. The van der Waals surface area contributed by atoms with Crippen molar-refractivity contribution in [1.29, 1.82) is 0 Å². The van der Waals surface area contributed by atoms with E-state index in [-0.39, 0.29) is 22.1 Å². The molecule has 20 heavy (non-hydrogen) atoms. The molecule has 0 atom stereocenters. The van der Waals surface area contributed by atoms with E-state index in [1.54, 1.807) is 0 Å². The Morgan fingerprint density at radius 3 is 2.45 bits per heavy atom. The summed E-state index contributed by atoms with van der Waals surface area (Å²) in [6, 6.07) is 6.75. The number of hydrogen-bond acceptors (Lipinski definition) is 1. The molecule has 0 aromatic heterocycles. The van der Waals surface area contributed by atoms with Crippen molar-refractivity contribution in [3.8, 4) is 0 Å². The molecule has 2 rings (SSSR count). The van der Waals surface area contributed by atoms with E-state index < -0.39 is 23.4 Å². The van der Waals surface area contributed by atoms with Crippen LogP contribution < -0.4 is 5.32 Å². The quantitative estimate of drug-likeness (QED) is 0.902. The topological polar surface area (TPSA) is 29.1 Å². The molecular weight excluding hydrogens is 335 g/mol. The molecule has 0 heterocycles. The van der Waals surface area contributed by atoms with Crippen LogP contribution in [0.25, 0.3) is 0 Å². The van der Waals surface area contributed by atoms with Crippen LogP contribution in [0.1, 0.15) is 15.9 Å². The molecule has 0 saturated carbocycles. The molecule has 2 aromatic carbocycles. The number of amides is 1. The fourth-order valence-electron chi connectivity index (χ4n) is 1.59. The predicted octanol–water partition coefficient (Wildman–Crippen LogP) is 3.80. The average Bonchev–Trinajstić information content (AvgIpc) is 2.42. The summed E-state index contributed by atoms with van der Waals surface area (Å²) in [5, 5.41) is 2.44. The van der Waals surface area contributed by atoms with Crippen molar-refractivity contribution in [2.45, 2.75) is 6.54 Å². The summed E-state index contributed by atoms with van der Waals surface area (Å²) in [6.07, 6.45) is 0. The summed E-state index contributed by atoms with van der Waals surface area (Å²) >= 11 is 2.97. The van der Waals surface area contributed by atoms with Gasteiger partial charge in [-0.1, -0.05) is 0 Å². The Balaban J connectivity index is 2.08. The van der Waals surface area contributed by atoms with Gasteiger partial charge in [-0.3, -0.25) is 4.79 Å². The van der Waals surface area contributed by atoms with Gasteiger partial charge in [0.25, 0.3) is 5.91 Å². The first-order valence-corrected chi connectivity index (χ1v) is 6.44. The van der Waals surface area contributed by atoms with Gasteiger partial charge in [0.15, 0.2) is 0 Å². The van der Waals surface area contributed by atoms with E-state index in [0.29, 0.717) is 0 Å². The first kappa shape index (κ1) is 14.6. The van der Waals surface area contributed by atoms with Crippen LogP contribution in [0, 0.1) is 17.5 Å². The summed E-state index contributed by atoms with van der Waals surface area (Å²) in [5.74, 6) is -2.18. The molecule has 1 N–H and O–H groups in total. The molecule has 0 aliphatic heterocycles. The van der Waals surface area contributed by atoms with Gasteiger partial charge in [-0.05, 0) is 52.3 Å². The number of rotatable bonds is 3. The zero-order valence-corrected chi connectivity index (χ0v) is 11.7. The van der Waals surface area contributed by atoms with E-state index in [2.05, 4.69) is 21.2 Å². The van der Waals surface area contributed by atoms with Gasteiger partial charge in [0.2, 0.25) is 0 Å². The van der Waals surface area contributed by atoms with Crippen molar-refractivity contribution in [3.05, 3.63) is 69.4 Å². The smallest absolute Gasteiger partial charge is 0.251 e. The molecule has 2 nitrogen and oxygen atoms in total. The third-order valence-corrected chi connectivity index (χ3v) is 3.24. The van der Waals surface area contributed by atoms with Gasteiger partial charge in [-0.15, -0.1) is 0 Å². The van der Waals surface area contributed by atoms with Crippen LogP contribution in [0.4, 0.5) is 13.2 Å². The minimum absolute atomic E-state index is 0.0412. The Labute approximate surface area is 121 Å². The summed E-state index contributed by atoms with van der Waals surface area (Å²) in [5.41, 5.74) is 0.259. The highest BCUT2D eigenvalue weighted by Crippen LogP contribution is 2.17. The Hall–Kier alpha value is -1.82. The van der Waals surface area contributed by atoms with Crippen molar-refractivity contribution in [3.63, 3.8) is 0 Å². The number of benzene rings is 2. The maximum Gasteiger partial charge on any atom is 0.251 e. The van der Waals surface area contributed by atoms with Crippen LogP contribution in [0.5, 0.6) is 0 Å². The van der Waals surface area contributed by atoms with Gasteiger partial charge in [0, 0.05) is 17.7 Å². The fraction of sp³-hybridized carbons (Fsp3) is 0.0714. The van der Waals surface area contributed by atoms with Crippen molar-refractivity contribution in [2.24, 2.45) is 0 Å². The summed E-state index contributed by atoms with van der Waals surface area (Å²) in [4.78, 5) is 11.8. The maximum atomic E-state index is 13.4. The number of nitrogens with one attached hydrogen (secondary N) is 1. The van der Waals surface area contributed by atoms with Gasteiger partial charge in [-0.2, -0.15) is 0 Å². The lowest BCUT2D eigenvalue weighted by atomic mass is 10.2. The van der Waals surface area contributed by atoms with Crippen LogP contribution in [0.2, 0.25) is 0 Å². The fourth-order valence-corrected chi connectivity index (χ4v) is 1.97. The number of carbonyl (C=O) groups is 1. The van der Waals surface area contributed by atoms with Crippen LogP contribution in [-0.4, -0.2) is 5.91 Å². The zero-order valence-electron chi connectivity index (χ0n) is 10.1. The predicted molar refractivity (Wildman–Crippen MR) is 71.6 cm³/mol. The lowest BCUT2D eigenvalue weighted by Gasteiger charge is -2.07. The van der Waals surface area contributed by atoms with E-state index in [1.165, 1.54) is 12.1 Å². The maximum absolute atomic E-state index is 13.4. The van der Waals surface area contributed by atoms with Crippen LogP contribution in [-0.2, 0) is 6.54 Å². The molecule has 0 unspecified atom stereocenters. The van der Waals surface area contributed by atoms with Gasteiger partial charge >= 0.3 is 0 Å². The van der Waals surface area contributed by atoms with Crippen molar-refractivity contribution in [2.75, 3.05) is 0 Å². The Morgan fingerprint density at radius 2 is 1.75 bits per heavy atom. The molecule has 0 saturated heterocycles. The molecule has 0 fully saturated rings. The van der Waals surface area contributed by atoms with Crippen molar-refractivity contribution >= 4 is 21.8 Å². The summed E-state index contributed by atoms with van der Waals surface area (Å²) in [7, 11) is 0. The Kier molecular flexibility index (Phi) is 4.44. The Morgan fingerprint density at radius 1 is 1.05 bits per heavy atom. The number of carbonyl (C=O) groups excluding carboxylic acids is 1. The number of halogens is 4. The highest BCUT2D eigenvalue weighted by Gasteiger charge is 2.10. The first-order valence-electron chi connectivity index (χ1n) is 5.64. The zero-order chi connectivity index (χ0) is 14.7. The average molecular weight is 344 g/mol. The third-order valence-electron chi connectivity index (χ3n) is 2.63. The molecular formula is C14H9BrF3NO. The van der Waals surface area contributed by atoms with E-state index in [4.69, 9.17) is 0 Å². The van der Waals surface area contributed by atoms with Crippen LogP contribution in [0.3, 0.4) is 0 Å². The second-order valence-corrected chi connectivity index (χ2v) is 4.90. The molecule has 6 heteroatoms. The third kappa shape index (κ3) is 3.39. The van der Waals surface area contributed by atoms with Gasteiger partial charge in [0.1, 0.15) is 17.5 Å². The highest BCUT2D eigenvalue weighted by atomic mass is 79.9. The molecule has 0 aliphatic carbocycles. The lowest BCUT2D eigenvalue weighted by Crippen LogP contribution is -2.23. The van der Waals surface area contributed by atoms with Gasteiger partial charge < -0.3 is 5.32 Å². The monoisotopic (exact) mass is 343 g/mol. The minimum Gasteiger partial charge on any atom is -0.348 e. The molecule has 0 radical (unpaired) electrons. The molecule has 1 amide bonds. The van der Waals surface area contributed by atoms with E-state index in [9.17, 15) is 18.0 Å². The van der Waals surface area contributed by atoms with E-state index in [1.807, 2.05) is 0 Å². The van der Waals surface area contributed by atoms with E-state index >= 15 is 0 Å². The molecule has 104 valence electrons. The SMILES string of the molecule is O=C(NCc1cc(F)ccc1F)c1ccc(F)c(Br)c1. The second-order valence-electron chi connectivity index (χ2n) is 4.05. The second kappa shape index (κ2) is 6.09. The largest absolute Gasteiger partial charge is 0.348 e. The van der Waals surface area contributed by atoms with Gasteiger partial charge in [0.05, 0.1) is 4.47 Å². The minimum atomic E-state index is -0.605. The molecule has 0 bridgehead atoms. The van der Waals surface area contributed by atoms with Crippen LogP contribution >= 0.6 is 15.9 Å².